The number of nitrogens with zero attached hydrogens (tertiary/aromatic N) is 4. The van der Waals surface area contributed by atoms with E-state index in [4.69, 9.17) is 9.47 Å². The van der Waals surface area contributed by atoms with Crippen LogP contribution in [-0.2, 0) is 14.9 Å². The van der Waals surface area contributed by atoms with Gasteiger partial charge in [0.15, 0.2) is 12.4 Å². The third kappa shape index (κ3) is 5.66. The summed E-state index contributed by atoms with van der Waals surface area (Å²) in [5.41, 5.74) is -0.317. The van der Waals surface area contributed by atoms with Crippen molar-refractivity contribution in [3.63, 3.8) is 0 Å². The minimum atomic E-state index is -0.632. The van der Waals surface area contributed by atoms with Crippen LogP contribution in [0.1, 0.15) is 39.1 Å². The van der Waals surface area contributed by atoms with Crippen LogP contribution in [0.15, 0.2) is 50.8 Å². The first-order valence-corrected chi connectivity index (χ1v) is 11.1. The van der Waals surface area contributed by atoms with E-state index in [9.17, 15) is 19.7 Å². The molecule has 0 saturated carbocycles. The number of esters is 1. The van der Waals surface area contributed by atoms with Crippen LogP contribution in [0.25, 0.3) is 10.9 Å². The summed E-state index contributed by atoms with van der Waals surface area (Å²) in [5, 5.41) is 16.2. The number of ether oxygens (including phenoxy) is 2. The minimum absolute atomic E-state index is 0.0834. The average Bonchev–Trinajstić information content (AvgIpc) is 2.77. The molecule has 34 heavy (non-hydrogen) atoms. The van der Waals surface area contributed by atoms with Crippen molar-refractivity contribution in [2.24, 2.45) is 5.10 Å². The molecule has 0 bridgehead atoms. The van der Waals surface area contributed by atoms with Gasteiger partial charge in [-0.3, -0.25) is 14.9 Å². The first-order valence-electron chi connectivity index (χ1n) is 10.3. The summed E-state index contributed by atoms with van der Waals surface area (Å²) in [4.78, 5) is 40.3. The standard InChI is InChI=1S/C23H23BrN4O6/c1-5-33-20(29)13-34-19-9-6-14(10-18(19)28(31)32)12-25-27-21(30)16-11-15(24)7-8-17(16)26-22(27)23(2,3)4/h6-12H,5,13H2,1-4H3. The summed E-state index contributed by atoms with van der Waals surface area (Å²) in [6.45, 7) is 7.10. The van der Waals surface area contributed by atoms with Gasteiger partial charge in [0.2, 0.25) is 0 Å². The highest BCUT2D eigenvalue weighted by Gasteiger charge is 2.23. The Balaban J connectivity index is 2.03. The van der Waals surface area contributed by atoms with E-state index in [1.54, 1.807) is 25.1 Å². The van der Waals surface area contributed by atoms with Crippen molar-refractivity contribution in [1.29, 1.82) is 0 Å². The second kappa shape index (κ2) is 10.1. The van der Waals surface area contributed by atoms with E-state index in [-0.39, 0.29) is 23.6 Å². The van der Waals surface area contributed by atoms with E-state index >= 15 is 0 Å². The largest absolute Gasteiger partial charge is 0.475 e. The molecule has 0 unspecified atom stereocenters. The van der Waals surface area contributed by atoms with Gasteiger partial charge >= 0.3 is 11.7 Å². The van der Waals surface area contributed by atoms with Crippen molar-refractivity contribution in [3.05, 3.63) is 72.7 Å². The number of benzene rings is 2. The fourth-order valence-corrected chi connectivity index (χ4v) is 3.45. The monoisotopic (exact) mass is 530 g/mol. The average molecular weight is 531 g/mol. The predicted molar refractivity (Wildman–Crippen MR) is 131 cm³/mol. The summed E-state index contributed by atoms with van der Waals surface area (Å²) in [6, 6.07) is 9.37. The van der Waals surface area contributed by atoms with Crippen LogP contribution in [0.5, 0.6) is 5.75 Å². The third-order valence-electron chi connectivity index (χ3n) is 4.63. The van der Waals surface area contributed by atoms with Crippen LogP contribution in [0.2, 0.25) is 0 Å². The van der Waals surface area contributed by atoms with Crippen LogP contribution in [0.3, 0.4) is 0 Å². The number of hydrogen-bond acceptors (Lipinski definition) is 8. The molecule has 0 N–H and O–H groups in total. The van der Waals surface area contributed by atoms with E-state index in [0.717, 1.165) is 4.47 Å². The quantitative estimate of drug-likeness (QED) is 0.194. The molecule has 11 heteroatoms. The summed E-state index contributed by atoms with van der Waals surface area (Å²) < 4.78 is 11.9. The van der Waals surface area contributed by atoms with Crippen molar-refractivity contribution in [1.82, 2.24) is 9.66 Å². The minimum Gasteiger partial charge on any atom is -0.475 e. The molecule has 0 aliphatic rings. The molecule has 10 nitrogen and oxygen atoms in total. The fraction of sp³-hybridized carbons (Fsp3) is 0.304. The summed E-state index contributed by atoms with van der Waals surface area (Å²) in [6.07, 6.45) is 1.34. The van der Waals surface area contributed by atoms with Crippen molar-refractivity contribution < 1.29 is 19.2 Å². The number of nitro groups is 1. The zero-order chi connectivity index (χ0) is 25.0. The van der Waals surface area contributed by atoms with Gasteiger partial charge in [-0.05, 0) is 37.3 Å². The lowest BCUT2D eigenvalue weighted by atomic mass is 9.95. The molecule has 1 aromatic heterocycles. The number of aromatic nitrogens is 2. The fourth-order valence-electron chi connectivity index (χ4n) is 3.08. The Bertz CT molecular complexity index is 1340. The third-order valence-corrected chi connectivity index (χ3v) is 5.13. The Hall–Kier alpha value is -3.60. The summed E-state index contributed by atoms with van der Waals surface area (Å²) in [7, 11) is 0. The Kier molecular flexibility index (Phi) is 7.45. The lowest BCUT2D eigenvalue weighted by Crippen LogP contribution is -2.29. The normalized spacial score (nSPS) is 11.7. The molecular weight excluding hydrogens is 508 g/mol. The molecule has 2 aromatic carbocycles. The van der Waals surface area contributed by atoms with Crippen molar-refractivity contribution in [3.8, 4) is 5.75 Å². The van der Waals surface area contributed by atoms with E-state index in [1.807, 2.05) is 20.8 Å². The van der Waals surface area contributed by atoms with E-state index in [1.165, 1.54) is 29.1 Å². The highest BCUT2D eigenvalue weighted by molar-refractivity contribution is 9.10. The van der Waals surface area contributed by atoms with Crippen molar-refractivity contribution >= 4 is 44.7 Å². The van der Waals surface area contributed by atoms with Gasteiger partial charge in [-0.1, -0.05) is 36.7 Å². The van der Waals surface area contributed by atoms with Crippen molar-refractivity contribution in [2.75, 3.05) is 13.2 Å². The molecule has 3 aromatic rings. The van der Waals surface area contributed by atoms with Crippen LogP contribution < -0.4 is 10.3 Å². The highest BCUT2D eigenvalue weighted by atomic mass is 79.9. The Morgan fingerprint density at radius 2 is 2.00 bits per heavy atom. The van der Waals surface area contributed by atoms with E-state index in [0.29, 0.717) is 22.3 Å². The molecule has 1 heterocycles. The molecule has 3 rings (SSSR count). The van der Waals surface area contributed by atoms with Gasteiger partial charge in [0.1, 0.15) is 5.82 Å². The Morgan fingerprint density at radius 1 is 1.26 bits per heavy atom. The van der Waals surface area contributed by atoms with Gasteiger partial charge in [-0.2, -0.15) is 9.78 Å². The van der Waals surface area contributed by atoms with Crippen molar-refractivity contribution in [2.45, 2.75) is 33.1 Å². The van der Waals surface area contributed by atoms with Gasteiger partial charge in [-0.25, -0.2) is 9.78 Å². The molecule has 0 spiro atoms. The number of carbonyl (C=O) groups excluding carboxylic acids is 1. The molecule has 0 amide bonds. The molecule has 178 valence electrons. The topological polar surface area (TPSA) is 126 Å². The molecule has 0 radical (unpaired) electrons. The van der Waals surface area contributed by atoms with E-state index in [2.05, 4.69) is 26.0 Å². The van der Waals surface area contributed by atoms with Crippen LogP contribution in [-0.4, -0.2) is 40.0 Å². The zero-order valence-electron chi connectivity index (χ0n) is 19.1. The smallest absolute Gasteiger partial charge is 0.344 e. The maximum atomic E-state index is 13.2. The number of nitro benzene ring substituents is 1. The van der Waals surface area contributed by atoms with E-state index < -0.39 is 22.9 Å². The maximum absolute atomic E-state index is 13.2. The van der Waals surface area contributed by atoms with Crippen LogP contribution >= 0.6 is 15.9 Å². The number of carbonyl (C=O) groups is 1. The summed E-state index contributed by atoms with van der Waals surface area (Å²) >= 11 is 3.36. The van der Waals surface area contributed by atoms with Crippen LogP contribution in [0, 0.1) is 10.1 Å². The Labute approximate surface area is 203 Å². The van der Waals surface area contributed by atoms with Gasteiger partial charge < -0.3 is 9.47 Å². The number of hydrogen-bond donors (Lipinski definition) is 0. The van der Waals surface area contributed by atoms with Gasteiger partial charge in [-0.15, -0.1) is 0 Å². The molecule has 0 aliphatic heterocycles. The molecule has 0 fully saturated rings. The number of halogens is 1. The zero-order valence-corrected chi connectivity index (χ0v) is 20.7. The predicted octanol–water partition coefficient (Wildman–Crippen LogP) is 4.19. The number of fused-ring (bicyclic) bond motifs is 1. The second-order valence-corrected chi connectivity index (χ2v) is 9.20. The molecule has 0 saturated heterocycles. The molecule has 0 aliphatic carbocycles. The second-order valence-electron chi connectivity index (χ2n) is 8.29. The number of rotatable bonds is 7. The maximum Gasteiger partial charge on any atom is 0.344 e. The lowest BCUT2D eigenvalue weighted by molar-refractivity contribution is -0.385. The van der Waals surface area contributed by atoms with Gasteiger partial charge in [0.25, 0.3) is 5.56 Å². The highest BCUT2D eigenvalue weighted by Crippen LogP contribution is 2.28. The molecular formula is C23H23BrN4O6. The molecule has 0 atom stereocenters. The first-order chi connectivity index (χ1) is 16.0. The Morgan fingerprint density at radius 3 is 2.65 bits per heavy atom. The lowest BCUT2D eigenvalue weighted by Gasteiger charge is -2.20. The van der Waals surface area contributed by atoms with Gasteiger partial charge in [0, 0.05) is 21.5 Å². The first kappa shape index (κ1) is 25.0. The SMILES string of the molecule is CCOC(=O)COc1ccc(C=Nn2c(C(C)(C)C)nc3ccc(Br)cc3c2=O)cc1[N+](=O)[O-]. The summed E-state index contributed by atoms with van der Waals surface area (Å²) in [5.74, 6) is -0.278. The van der Waals surface area contributed by atoms with Gasteiger partial charge in [0.05, 0.1) is 28.6 Å². The van der Waals surface area contributed by atoms with Crippen LogP contribution in [0.4, 0.5) is 5.69 Å².